The lowest BCUT2D eigenvalue weighted by molar-refractivity contribution is -0.116. The Hall–Kier alpha value is -3.33. The second-order valence-corrected chi connectivity index (χ2v) is 6.41. The zero-order valence-electron chi connectivity index (χ0n) is 14.6. The predicted molar refractivity (Wildman–Crippen MR) is 107 cm³/mol. The lowest BCUT2D eigenvalue weighted by atomic mass is 10.0. The van der Waals surface area contributed by atoms with Crippen LogP contribution < -0.4 is 5.43 Å². The zero-order chi connectivity index (χ0) is 17.9. The van der Waals surface area contributed by atoms with E-state index in [4.69, 9.17) is 0 Å². The average molecular weight is 340 g/mol. The molecule has 0 bridgehead atoms. The van der Waals surface area contributed by atoms with Crippen molar-refractivity contribution < 1.29 is 4.79 Å². The fraction of sp³-hybridized carbons (Fsp3) is 0.0870. The molecule has 0 saturated heterocycles. The third-order valence-corrected chi connectivity index (χ3v) is 4.61. The number of carbonyl (C=O) groups excluding carboxylic acids is 1. The number of aromatic nitrogens is 1. The van der Waals surface area contributed by atoms with Gasteiger partial charge in [-0.05, 0) is 35.4 Å². The molecule has 128 valence electrons. The van der Waals surface area contributed by atoms with Crippen molar-refractivity contribution in [3.8, 4) is 11.3 Å². The van der Waals surface area contributed by atoms with E-state index in [2.05, 4.69) is 23.6 Å². The van der Waals surface area contributed by atoms with Gasteiger partial charge in [-0.3, -0.25) is 14.9 Å². The van der Waals surface area contributed by atoms with Gasteiger partial charge in [0.15, 0.2) is 0 Å². The quantitative estimate of drug-likeness (QED) is 0.561. The Kier molecular flexibility index (Phi) is 4.28. The minimum absolute atomic E-state index is 0.0298. The molecule has 0 atom stereocenters. The predicted octanol–water partition coefficient (Wildman–Crippen LogP) is 4.93. The van der Waals surface area contributed by atoms with Crippen LogP contribution in [-0.2, 0) is 11.2 Å². The molecule has 0 aliphatic heterocycles. The van der Waals surface area contributed by atoms with Crippen molar-refractivity contribution in [3.63, 3.8) is 0 Å². The van der Waals surface area contributed by atoms with E-state index >= 15 is 0 Å². The van der Waals surface area contributed by atoms with Gasteiger partial charge in [-0.2, -0.15) is 0 Å². The normalized spacial score (nSPS) is 10.8. The van der Waals surface area contributed by atoms with Gasteiger partial charge in [0.1, 0.15) is 0 Å². The molecule has 4 rings (SSSR count). The van der Waals surface area contributed by atoms with Gasteiger partial charge in [-0.1, -0.05) is 72.8 Å². The molecule has 4 aromatic rings. The number of fused-ring (bicyclic) bond motifs is 1. The number of amides is 1. The van der Waals surface area contributed by atoms with Crippen LogP contribution in [0.15, 0.2) is 84.9 Å². The van der Waals surface area contributed by atoms with Crippen molar-refractivity contribution >= 4 is 16.7 Å². The van der Waals surface area contributed by atoms with Gasteiger partial charge < -0.3 is 0 Å². The van der Waals surface area contributed by atoms with Crippen LogP contribution in [0, 0.1) is 6.92 Å². The summed E-state index contributed by atoms with van der Waals surface area (Å²) >= 11 is 0. The van der Waals surface area contributed by atoms with E-state index in [1.165, 1.54) is 0 Å². The summed E-state index contributed by atoms with van der Waals surface area (Å²) in [5.74, 6) is -0.0298. The summed E-state index contributed by atoms with van der Waals surface area (Å²) in [6.45, 7) is 1.99. The van der Waals surface area contributed by atoms with Crippen LogP contribution in [0.3, 0.4) is 0 Å². The highest BCUT2D eigenvalue weighted by atomic mass is 16.2. The molecule has 0 fully saturated rings. The van der Waals surface area contributed by atoms with Gasteiger partial charge in [0.2, 0.25) is 5.91 Å². The molecule has 3 nitrogen and oxygen atoms in total. The van der Waals surface area contributed by atoms with Gasteiger partial charge in [0, 0.05) is 11.3 Å². The summed E-state index contributed by atoms with van der Waals surface area (Å²) < 4.78 is 1.86. The van der Waals surface area contributed by atoms with Crippen molar-refractivity contribution in [1.29, 1.82) is 0 Å². The van der Waals surface area contributed by atoms with Gasteiger partial charge in [-0.15, -0.1) is 0 Å². The highest BCUT2D eigenvalue weighted by Gasteiger charge is 2.12. The molecule has 0 aliphatic carbocycles. The van der Waals surface area contributed by atoms with Crippen LogP contribution in [0.1, 0.15) is 11.3 Å². The van der Waals surface area contributed by atoms with Gasteiger partial charge in [0.05, 0.1) is 12.1 Å². The first-order chi connectivity index (χ1) is 12.7. The highest BCUT2D eigenvalue weighted by Crippen LogP contribution is 2.22. The van der Waals surface area contributed by atoms with E-state index in [9.17, 15) is 4.79 Å². The number of benzene rings is 3. The van der Waals surface area contributed by atoms with Crippen LogP contribution in [-0.4, -0.2) is 10.6 Å². The number of hydrogen-bond acceptors (Lipinski definition) is 1. The Morgan fingerprint density at radius 1 is 0.846 bits per heavy atom. The van der Waals surface area contributed by atoms with Crippen molar-refractivity contribution in [3.05, 3.63) is 96.2 Å². The van der Waals surface area contributed by atoms with E-state index in [-0.39, 0.29) is 5.91 Å². The lowest BCUT2D eigenvalue weighted by Crippen LogP contribution is -2.26. The van der Waals surface area contributed by atoms with E-state index in [0.29, 0.717) is 6.42 Å². The molecule has 0 radical (unpaired) electrons. The van der Waals surface area contributed by atoms with Crippen LogP contribution >= 0.6 is 0 Å². The number of aryl methyl sites for hydroxylation is 1. The van der Waals surface area contributed by atoms with Crippen LogP contribution in [0.2, 0.25) is 0 Å². The topological polar surface area (TPSA) is 34.0 Å². The third kappa shape index (κ3) is 3.11. The van der Waals surface area contributed by atoms with Crippen LogP contribution in [0.4, 0.5) is 0 Å². The van der Waals surface area contributed by atoms with E-state index in [1.807, 2.05) is 78.3 Å². The summed E-state index contributed by atoms with van der Waals surface area (Å²) in [4.78, 5) is 12.7. The van der Waals surface area contributed by atoms with Crippen molar-refractivity contribution in [1.82, 2.24) is 4.68 Å². The Labute approximate surface area is 152 Å². The number of rotatable bonds is 4. The molecule has 0 saturated carbocycles. The summed E-state index contributed by atoms with van der Waals surface area (Å²) in [7, 11) is 0. The molecule has 3 heteroatoms. The first-order valence-electron chi connectivity index (χ1n) is 8.72. The monoisotopic (exact) mass is 340 g/mol. The summed E-state index contributed by atoms with van der Waals surface area (Å²) in [6, 6.07) is 28.4. The second-order valence-electron chi connectivity index (χ2n) is 6.41. The number of carbonyl (C=O) groups is 1. The molecule has 26 heavy (non-hydrogen) atoms. The standard InChI is InChI=1S/C23H20N2O/c1-17-14-15-22(19-9-3-2-4-10-19)25(17)24-23(26)16-20-12-7-11-18-8-5-6-13-21(18)20/h2-15H,16H2,1H3,(H,24,26). The van der Waals surface area contributed by atoms with Gasteiger partial charge in [-0.25, -0.2) is 0 Å². The maximum atomic E-state index is 12.7. The largest absolute Gasteiger partial charge is 0.273 e. The second kappa shape index (κ2) is 6.89. The van der Waals surface area contributed by atoms with E-state index < -0.39 is 0 Å². The minimum atomic E-state index is -0.0298. The van der Waals surface area contributed by atoms with Crippen LogP contribution in [0.25, 0.3) is 22.0 Å². The molecule has 1 amide bonds. The lowest BCUT2D eigenvalue weighted by Gasteiger charge is -2.14. The molecule has 1 aromatic heterocycles. The maximum absolute atomic E-state index is 12.7. The Bertz CT molecular complexity index is 1060. The molecule has 0 aliphatic rings. The Balaban J connectivity index is 1.60. The first-order valence-corrected chi connectivity index (χ1v) is 8.72. The molecule has 1 N–H and O–H groups in total. The van der Waals surface area contributed by atoms with E-state index in [1.54, 1.807) is 0 Å². The molecule has 1 heterocycles. The minimum Gasteiger partial charge on any atom is -0.273 e. The smallest absolute Gasteiger partial charge is 0.243 e. The van der Waals surface area contributed by atoms with Crippen molar-refractivity contribution in [2.45, 2.75) is 13.3 Å². The van der Waals surface area contributed by atoms with Gasteiger partial charge in [0.25, 0.3) is 0 Å². The average Bonchev–Trinajstić information content (AvgIpc) is 3.03. The zero-order valence-corrected chi connectivity index (χ0v) is 14.6. The summed E-state index contributed by atoms with van der Waals surface area (Å²) in [5, 5.41) is 2.28. The van der Waals surface area contributed by atoms with Crippen molar-refractivity contribution in [2.75, 3.05) is 5.43 Å². The van der Waals surface area contributed by atoms with Gasteiger partial charge >= 0.3 is 0 Å². The Morgan fingerprint density at radius 2 is 1.58 bits per heavy atom. The molecule has 3 aromatic carbocycles. The Morgan fingerprint density at radius 3 is 2.42 bits per heavy atom. The molecule has 0 unspecified atom stereocenters. The maximum Gasteiger partial charge on any atom is 0.243 e. The summed E-state index contributed by atoms with van der Waals surface area (Å²) in [6.07, 6.45) is 0.340. The fourth-order valence-electron chi connectivity index (χ4n) is 3.31. The third-order valence-electron chi connectivity index (χ3n) is 4.61. The van der Waals surface area contributed by atoms with E-state index in [0.717, 1.165) is 33.3 Å². The first kappa shape index (κ1) is 16.2. The fourth-order valence-corrected chi connectivity index (χ4v) is 3.31. The SMILES string of the molecule is Cc1ccc(-c2ccccc2)n1NC(=O)Cc1cccc2ccccc12. The number of hydrogen-bond donors (Lipinski definition) is 1. The van der Waals surface area contributed by atoms with Crippen LogP contribution in [0.5, 0.6) is 0 Å². The molecular formula is C23H20N2O. The number of nitrogens with one attached hydrogen (secondary N) is 1. The molecular weight excluding hydrogens is 320 g/mol. The highest BCUT2D eigenvalue weighted by molar-refractivity contribution is 5.93. The van der Waals surface area contributed by atoms with Crippen molar-refractivity contribution in [2.24, 2.45) is 0 Å². The number of nitrogens with zero attached hydrogens (tertiary/aromatic N) is 1. The summed E-state index contributed by atoms with van der Waals surface area (Å²) in [5.41, 5.74) is 7.13. The molecule has 0 spiro atoms.